The smallest absolute Gasteiger partial charge is 0.298 e. The Morgan fingerprint density at radius 3 is 2.54 bits per heavy atom. The maximum Gasteiger partial charge on any atom is 0.322 e. The lowest BCUT2D eigenvalue weighted by molar-refractivity contribution is 0.108. The first-order valence-electron chi connectivity index (χ1n) is 3.27. The number of alkyl halides is 3. The summed E-state index contributed by atoms with van der Waals surface area (Å²) in [5.74, 6) is 0. The maximum atomic E-state index is 12.8. The summed E-state index contributed by atoms with van der Waals surface area (Å²) >= 11 is 4.09. The van der Waals surface area contributed by atoms with Gasteiger partial charge < -0.3 is 0 Å². The van der Waals surface area contributed by atoms with Crippen molar-refractivity contribution in [2.45, 2.75) is 3.93 Å². The van der Waals surface area contributed by atoms with Crippen LogP contribution in [0.4, 0.5) is 8.78 Å². The zero-order chi connectivity index (χ0) is 10.1. The van der Waals surface area contributed by atoms with Gasteiger partial charge in [0.25, 0.3) is 0 Å². The standard InChI is InChI=1S/C8H4BrF2IO/c9-6-1-2-7(8(10,11)12)5(3-6)4-13/h1-4H. The van der Waals surface area contributed by atoms with E-state index in [4.69, 9.17) is 0 Å². The molecule has 0 bridgehead atoms. The largest absolute Gasteiger partial charge is 0.322 e. The van der Waals surface area contributed by atoms with Gasteiger partial charge in [-0.15, -0.1) is 0 Å². The summed E-state index contributed by atoms with van der Waals surface area (Å²) in [4.78, 5) is 10.5. The third kappa shape index (κ3) is 2.70. The number of halogens is 4. The normalized spacial score (nSPS) is 11.4. The zero-order valence-corrected chi connectivity index (χ0v) is 9.97. The average molecular weight is 361 g/mol. The molecular weight excluding hydrogens is 357 g/mol. The first-order valence-corrected chi connectivity index (χ1v) is 5.14. The van der Waals surface area contributed by atoms with Crippen molar-refractivity contribution in [2.24, 2.45) is 0 Å². The highest BCUT2D eigenvalue weighted by Gasteiger charge is 2.29. The average Bonchev–Trinajstić information content (AvgIpc) is 2.01. The molecule has 1 aromatic rings. The fourth-order valence-electron chi connectivity index (χ4n) is 0.889. The molecule has 0 aliphatic heterocycles. The molecule has 0 aliphatic carbocycles. The fraction of sp³-hybridized carbons (Fsp3) is 0.125. The van der Waals surface area contributed by atoms with Crippen molar-refractivity contribution in [3.8, 4) is 0 Å². The molecule has 70 valence electrons. The van der Waals surface area contributed by atoms with Crippen LogP contribution in [0, 0.1) is 0 Å². The van der Waals surface area contributed by atoms with Crippen molar-refractivity contribution >= 4 is 44.8 Å². The van der Waals surface area contributed by atoms with Gasteiger partial charge in [0.05, 0.1) is 0 Å². The van der Waals surface area contributed by atoms with Crippen LogP contribution < -0.4 is 0 Å². The molecule has 0 N–H and O–H groups in total. The second-order valence-corrected chi connectivity index (χ2v) is 4.62. The third-order valence-electron chi connectivity index (χ3n) is 1.45. The molecule has 0 saturated heterocycles. The lowest BCUT2D eigenvalue weighted by Crippen LogP contribution is -2.06. The number of hydrogen-bond acceptors (Lipinski definition) is 1. The zero-order valence-electron chi connectivity index (χ0n) is 6.23. The van der Waals surface area contributed by atoms with Crippen LogP contribution in [0.1, 0.15) is 15.9 Å². The summed E-state index contributed by atoms with van der Waals surface area (Å²) in [6, 6.07) is 4.09. The molecular formula is C8H4BrF2IO. The molecule has 0 amide bonds. The highest BCUT2D eigenvalue weighted by molar-refractivity contribution is 14.1. The maximum absolute atomic E-state index is 12.8. The Hall–Kier alpha value is -0.0400. The van der Waals surface area contributed by atoms with E-state index >= 15 is 0 Å². The number of aldehydes is 1. The van der Waals surface area contributed by atoms with E-state index in [1.54, 1.807) is 0 Å². The van der Waals surface area contributed by atoms with E-state index in [0.29, 0.717) is 10.8 Å². The van der Waals surface area contributed by atoms with Crippen LogP contribution in [0.2, 0.25) is 0 Å². The molecule has 1 aromatic carbocycles. The Balaban J connectivity index is 3.29. The SMILES string of the molecule is O=Cc1cc(Br)ccc1C(F)(F)I. The number of hydrogen-bond donors (Lipinski definition) is 0. The van der Waals surface area contributed by atoms with Gasteiger partial charge in [-0.05, 0) is 12.1 Å². The molecule has 0 heterocycles. The topological polar surface area (TPSA) is 17.1 Å². The Labute approximate surface area is 95.8 Å². The van der Waals surface area contributed by atoms with Gasteiger partial charge in [0.2, 0.25) is 0 Å². The van der Waals surface area contributed by atoms with Crippen molar-refractivity contribution in [3.05, 3.63) is 33.8 Å². The summed E-state index contributed by atoms with van der Waals surface area (Å²) in [5, 5.41) is 0. The highest BCUT2D eigenvalue weighted by atomic mass is 127. The molecule has 0 aromatic heterocycles. The van der Waals surface area contributed by atoms with Gasteiger partial charge in [0.1, 0.15) is 0 Å². The van der Waals surface area contributed by atoms with Crippen molar-refractivity contribution in [2.75, 3.05) is 0 Å². The van der Waals surface area contributed by atoms with E-state index in [2.05, 4.69) is 15.9 Å². The van der Waals surface area contributed by atoms with Crippen molar-refractivity contribution in [1.29, 1.82) is 0 Å². The van der Waals surface area contributed by atoms with E-state index in [1.165, 1.54) is 18.2 Å². The van der Waals surface area contributed by atoms with E-state index < -0.39 is 3.93 Å². The summed E-state index contributed by atoms with van der Waals surface area (Å²) in [6.07, 6.45) is 0.423. The van der Waals surface area contributed by atoms with Gasteiger partial charge in [-0.1, -0.05) is 22.0 Å². The van der Waals surface area contributed by atoms with Crippen LogP contribution in [-0.2, 0) is 3.93 Å². The van der Waals surface area contributed by atoms with Gasteiger partial charge in [-0.3, -0.25) is 4.79 Å². The monoisotopic (exact) mass is 360 g/mol. The Morgan fingerprint density at radius 1 is 1.46 bits per heavy atom. The molecule has 0 spiro atoms. The molecule has 1 nitrogen and oxygen atoms in total. The predicted molar refractivity (Wildman–Crippen MR) is 57.4 cm³/mol. The van der Waals surface area contributed by atoms with E-state index in [9.17, 15) is 13.6 Å². The number of carbonyl (C=O) groups excluding carboxylic acids is 1. The van der Waals surface area contributed by atoms with E-state index in [-0.39, 0.29) is 11.1 Å². The molecule has 13 heavy (non-hydrogen) atoms. The van der Waals surface area contributed by atoms with Gasteiger partial charge in [0, 0.05) is 38.2 Å². The molecule has 5 heteroatoms. The summed E-state index contributed by atoms with van der Waals surface area (Å²) in [7, 11) is 0. The van der Waals surface area contributed by atoms with Crippen LogP contribution in [0.3, 0.4) is 0 Å². The molecule has 0 fully saturated rings. The first kappa shape index (κ1) is 11.0. The molecule has 0 saturated carbocycles. The molecule has 0 aliphatic rings. The predicted octanol–water partition coefficient (Wildman–Crippen LogP) is 3.75. The van der Waals surface area contributed by atoms with Crippen molar-refractivity contribution < 1.29 is 13.6 Å². The van der Waals surface area contributed by atoms with Gasteiger partial charge in [-0.25, -0.2) is 0 Å². The molecule has 1 rings (SSSR count). The second-order valence-electron chi connectivity index (χ2n) is 2.35. The molecule has 0 unspecified atom stereocenters. The van der Waals surface area contributed by atoms with Crippen LogP contribution in [0.15, 0.2) is 22.7 Å². The summed E-state index contributed by atoms with van der Waals surface area (Å²) in [6.45, 7) is 0. The fourth-order valence-corrected chi connectivity index (χ4v) is 1.76. The van der Waals surface area contributed by atoms with Crippen LogP contribution >= 0.6 is 38.5 Å². The van der Waals surface area contributed by atoms with Gasteiger partial charge in [-0.2, -0.15) is 8.78 Å². The lowest BCUT2D eigenvalue weighted by Gasteiger charge is -2.10. The Bertz CT molecular complexity index is 335. The van der Waals surface area contributed by atoms with Crippen molar-refractivity contribution in [3.63, 3.8) is 0 Å². The lowest BCUT2D eigenvalue weighted by atomic mass is 10.1. The van der Waals surface area contributed by atoms with Crippen LogP contribution in [0.5, 0.6) is 0 Å². The Kier molecular flexibility index (Phi) is 3.39. The minimum atomic E-state index is -3.01. The quantitative estimate of drug-likeness (QED) is 0.446. The van der Waals surface area contributed by atoms with Crippen LogP contribution in [-0.4, -0.2) is 6.29 Å². The van der Waals surface area contributed by atoms with Gasteiger partial charge >= 0.3 is 3.93 Å². The van der Waals surface area contributed by atoms with Gasteiger partial charge in [0.15, 0.2) is 6.29 Å². The number of carbonyl (C=O) groups is 1. The number of benzene rings is 1. The van der Waals surface area contributed by atoms with E-state index in [1.807, 2.05) is 0 Å². The van der Waals surface area contributed by atoms with Crippen molar-refractivity contribution in [1.82, 2.24) is 0 Å². The highest BCUT2D eigenvalue weighted by Crippen LogP contribution is 2.37. The Morgan fingerprint density at radius 2 is 2.08 bits per heavy atom. The van der Waals surface area contributed by atoms with E-state index in [0.717, 1.165) is 22.6 Å². The third-order valence-corrected chi connectivity index (χ3v) is 2.52. The summed E-state index contributed by atoms with van der Waals surface area (Å²) in [5.41, 5.74) is -0.250. The minimum Gasteiger partial charge on any atom is -0.298 e. The summed E-state index contributed by atoms with van der Waals surface area (Å²) < 4.78 is 23.3. The second kappa shape index (κ2) is 4.00. The number of rotatable bonds is 2. The molecule has 0 atom stereocenters. The first-order chi connectivity index (χ1) is 5.95. The molecule has 0 radical (unpaired) electrons. The minimum absolute atomic E-state index is 0.00813. The van der Waals surface area contributed by atoms with Crippen LogP contribution in [0.25, 0.3) is 0 Å².